The van der Waals surface area contributed by atoms with Crippen molar-refractivity contribution in [2.75, 3.05) is 5.73 Å². The number of hydrogen-bond acceptors (Lipinski definition) is 3. The van der Waals surface area contributed by atoms with Crippen molar-refractivity contribution in [2.24, 2.45) is 0 Å². The molecule has 0 bridgehead atoms. The average molecular weight is 137 g/mol. The van der Waals surface area contributed by atoms with Crippen LogP contribution in [0.25, 0.3) is 0 Å². The lowest BCUT2D eigenvalue weighted by atomic mass is 10.3. The van der Waals surface area contributed by atoms with Gasteiger partial charge >= 0.3 is 5.97 Å². The summed E-state index contributed by atoms with van der Waals surface area (Å²) in [5.41, 5.74) is 5.53. The van der Waals surface area contributed by atoms with Crippen LogP contribution < -0.4 is 5.73 Å². The van der Waals surface area contributed by atoms with Crippen molar-refractivity contribution in [3.8, 4) is 0 Å². The zero-order valence-corrected chi connectivity index (χ0v) is 5.03. The van der Waals surface area contributed by atoms with Gasteiger partial charge in [-0.15, -0.1) is 0 Å². The van der Waals surface area contributed by atoms with Gasteiger partial charge in [-0.3, -0.25) is 0 Å². The molecular weight excluding hydrogens is 132 g/mol. The van der Waals surface area contributed by atoms with Crippen molar-refractivity contribution in [2.45, 2.75) is 0 Å². The van der Waals surface area contributed by atoms with E-state index in [9.17, 15) is 4.79 Å². The van der Waals surface area contributed by atoms with Gasteiger partial charge in [-0.2, -0.15) is 0 Å². The largest absolute Gasteiger partial charge is 0.477 e. The molecule has 0 saturated heterocycles. The van der Waals surface area contributed by atoms with E-state index in [0.29, 0.717) is 5.69 Å². The summed E-state index contributed by atoms with van der Waals surface area (Å²) in [6, 6.07) is 2.69. The number of aromatic carboxylic acids is 1. The quantitative estimate of drug-likeness (QED) is 0.578. The molecule has 1 aromatic rings. The Morgan fingerprint density at radius 2 is 2.50 bits per heavy atom. The number of nitrogens with zero attached hydrogens (tertiary/aromatic N) is 1. The molecule has 0 aliphatic carbocycles. The van der Waals surface area contributed by atoms with Crippen LogP contribution in [0.15, 0.2) is 12.1 Å². The van der Waals surface area contributed by atoms with Gasteiger partial charge in [0, 0.05) is 5.69 Å². The summed E-state index contributed by atoms with van der Waals surface area (Å²) in [6.45, 7) is 0. The number of carboxylic acid groups (broad SMARTS) is 1. The number of carbonyl (C=O) groups is 1. The van der Waals surface area contributed by atoms with Gasteiger partial charge in [-0.1, -0.05) is 0 Å². The third-order valence-electron chi connectivity index (χ3n) is 0.939. The fourth-order valence-corrected chi connectivity index (χ4v) is 0.518. The fraction of sp³-hybridized carbons (Fsp3) is 0. The maximum atomic E-state index is 10.2. The monoisotopic (exact) mass is 137 g/mol. The minimum absolute atomic E-state index is 0.0833. The standard InChI is InChI=1S/C6H5N2O2/c7-4-1-2-8-5(3-4)6(9)10/h1,3H,(H2,7,8)(H,9,10). The number of hydrogen-bond donors (Lipinski definition) is 2. The van der Waals surface area contributed by atoms with Gasteiger partial charge in [0.2, 0.25) is 0 Å². The number of nitrogen functional groups attached to an aromatic ring is 1. The Morgan fingerprint density at radius 3 is 2.90 bits per heavy atom. The lowest BCUT2D eigenvalue weighted by Gasteiger charge is -1.92. The molecule has 0 aliphatic rings. The molecule has 0 spiro atoms. The van der Waals surface area contributed by atoms with Crippen LogP contribution in [0.4, 0.5) is 5.69 Å². The van der Waals surface area contributed by atoms with Gasteiger partial charge in [-0.05, 0) is 12.1 Å². The topological polar surface area (TPSA) is 76.2 Å². The zero-order chi connectivity index (χ0) is 7.56. The van der Waals surface area contributed by atoms with E-state index < -0.39 is 5.97 Å². The molecule has 0 aliphatic heterocycles. The number of anilines is 1. The third kappa shape index (κ3) is 1.22. The molecule has 1 radical (unpaired) electrons. The first-order valence-corrected chi connectivity index (χ1v) is 2.57. The Labute approximate surface area is 57.3 Å². The van der Waals surface area contributed by atoms with Gasteiger partial charge in [0.15, 0.2) is 5.69 Å². The molecule has 0 fully saturated rings. The summed E-state index contributed by atoms with van der Waals surface area (Å²) >= 11 is 0. The highest BCUT2D eigenvalue weighted by Gasteiger charge is 2.02. The molecule has 0 unspecified atom stereocenters. The van der Waals surface area contributed by atoms with Crippen molar-refractivity contribution >= 4 is 11.7 Å². The molecule has 0 saturated carbocycles. The van der Waals surface area contributed by atoms with E-state index in [1.807, 2.05) is 0 Å². The number of pyridine rings is 1. The molecule has 1 aromatic heterocycles. The van der Waals surface area contributed by atoms with Crippen molar-refractivity contribution in [3.63, 3.8) is 0 Å². The van der Waals surface area contributed by atoms with E-state index >= 15 is 0 Å². The SMILES string of the molecule is Nc1c[c]nc(C(=O)O)c1. The van der Waals surface area contributed by atoms with E-state index in [-0.39, 0.29) is 5.69 Å². The van der Waals surface area contributed by atoms with E-state index in [4.69, 9.17) is 10.8 Å². The minimum Gasteiger partial charge on any atom is -0.477 e. The first-order valence-electron chi connectivity index (χ1n) is 2.57. The van der Waals surface area contributed by atoms with Gasteiger partial charge in [0.1, 0.15) is 0 Å². The predicted molar refractivity (Wildman–Crippen MR) is 34.4 cm³/mol. The van der Waals surface area contributed by atoms with Crippen molar-refractivity contribution < 1.29 is 9.90 Å². The molecule has 1 heterocycles. The fourth-order valence-electron chi connectivity index (χ4n) is 0.518. The molecule has 4 nitrogen and oxygen atoms in total. The Hall–Kier alpha value is -1.58. The van der Waals surface area contributed by atoms with Crippen molar-refractivity contribution in [1.29, 1.82) is 0 Å². The number of carboxylic acids is 1. The minimum atomic E-state index is -1.09. The van der Waals surface area contributed by atoms with Crippen LogP contribution in [0.1, 0.15) is 10.5 Å². The number of rotatable bonds is 1. The smallest absolute Gasteiger partial charge is 0.354 e. The highest BCUT2D eigenvalue weighted by molar-refractivity contribution is 5.86. The summed E-state index contributed by atoms with van der Waals surface area (Å²) < 4.78 is 0. The van der Waals surface area contributed by atoms with Gasteiger partial charge in [0.25, 0.3) is 0 Å². The van der Waals surface area contributed by atoms with E-state index in [1.165, 1.54) is 12.1 Å². The van der Waals surface area contributed by atoms with Crippen molar-refractivity contribution in [1.82, 2.24) is 4.98 Å². The predicted octanol–water partition coefficient (Wildman–Crippen LogP) is 0.162. The van der Waals surface area contributed by atoms with Crippen LogP contribution in [0, 0.1) is 6.20 Å². The molecule has 3 N–H and O–H groups in total. The van der Waals surface area contributed by atoms with E-state index in [1.54, 1.807) is 0 Å². The zero-order valence-electron chi connectivity index (χ0n) is 5.03. The Balaban J connectivity index is 3.07. The Bertz CT molecular complexity index is 260. The molecular formula is C6H5N2O2. The average Bonchev–Trinajstić information content (AvgIpc) is 1.88. The second-order valence-corrected chi connectivity index (χ2v) is 1.72. The molecule has 51 valence electrons. The highest BCUT2D eigenvalue weighted by atomic mass is 16.4. The first kappa shape index (κ1) is 6.54. The molecule has 1 rings (SSSR count). The van der Waals surface area contributed by atoms with E-state index in [0.717, 1.165) is 0 Å². The van der Waals surface area contributed by atoms with Crippen LogP contribution in [0.3, 0.4) is 0 Å². The number of aromatic nitrogens is 1. The summed E-state index contributed by atoms with van der Waals surface area (Å²) in [5.74, 6) is -1.09. The molecule has 10 heavy (non-hydrogen) atoms. The molecule has 0 aromatic carbocycles. The first-order chi connectivity index (χ1) is 4.70. The van der Waals surface area contributed by atoms with Crippen LogP contribution in [-0.2, 0) is 0 Å². The second kappa shape index (κ2) is 2.34. The van der Waals surface area contributed by atoms with Crippen LogP contribution in [0.5, 0.6) is 0 Å². The normalized spacial score (nSPS) is 9.20. The van der Waals surface area contributed by atoms with Crippen LogP contribution in [0.2, 0.25) is 0 Å². The third-order valence-corrected chi connectivity index (χ3v) is 0.939. The summed E-state index contributed by atoms with van der Waals surface area (Å²) in [4.78, 5) is 13.6. The summed E-state index contributed by atoms with van der Waals surface area (Å²) in [6.07, 6.45) is 2.35. The van der Waals surface area contributed by atoms with Gasteiger partial charge in [0.05, 0.1) is 6.20 Å². The van der Waals surface area contributed by atoms with E-state index in [2.05, 4.69) is 11.2 Å². The van der Waals surface area contributed by atoms with Gasteiger partial charge < -0.3 is 10.8 Å². The Morgan fingerprint density at radius 1 is 1.80 bits per heavy atom. The second-order valence-electron chi connectivity index (χ2n) is 1.72. The van der Waals surface area contributed by atoms with Crippen molar-refractivity contribution in [3.05, 3.63) is 24.0 Å². The summed E-state index contributed by atoms with van der Waals surface area (Å²) in [5, 5.41) is 8.37. The molecule has 4 heteroatoms. The number of nitrogens with two attached hydrogens (primary N) is 1. The maximum absolute atomic E-state index is 10.2. The molecule has 0 atom stereocenters. The van der Waals surface area contributed by atoms with Crippen LogP contribution >= 0.6 is 0 Å². The summed E-state index contributed by atoms with van der Waals surface area (Å²) in [7, 11) is 0. The van der Waals surface area contributed by atoms with Crippen LogP contribution in [-0.4, -0.2) is 16.1 Å². The highest BCUT2D eigenvalue weighted by Crippen LogP contribution is 2.01. The Kier molecular flexibility index (Phi) is 1.53. The molecule has 0 amide bonds. The lowest BCUT2D eigenvalue weighted by Crippen LogP contribution is -2.00. The lowest BCUT2D eigenvalue weighted by molar-refractivity contribution is 0.0690. The maximum Gasteiger partial charge on any atom is 0.354 e. The van der Waals surface area contributed by atoms with Gasteiger partial charge in [-0.25, -0.2) is 9.78 Å².